The van der Waals surface area contributed by atoms with Crippen LogP contribution in [0.2, 0.25) is 0 Å². The number of ether oxygens (including phenoxy) is 2. The van der Waals surface area contributed by atoms with Gasteiger partial charge in [-0.25, -0.2) is 9.78 Å². The molecule has 4 aromatic carbocycles. The fourth-order valence-electron chi connectivity index (χ4n) is 3.98. The summed E-state index contributed by atoms with van der Waals surface area (Å²) in [7, 11) is 0. The Morgan fingerprint density at radius 3 is 2.46 bits per heavy atom. The molecule has 5 rings (SSSR count). The number of hydrogen-bond acceptors (Lipinski definition) is 8. The number of fused-ring (bicyclic) bond motifs is 1. The molecule has 0 fully saturated rings. The summed E-state index contributed by atoms with van der Waals surface area (Å²) in [5.74, 6) is 0.223. The van der Waals surface area contributed by atoms with Crippen LogP contribution >= 0.6 is 15.9 Å². The molecule has 0 saturated heterocycles. The third-order valence-corrected chi connectivity index (χ3v) is 6.49. The molecular weight excluding hydrogens is 592 g/mol. The van der Waals surface area contributed by atoms with Crippen molar-refractivity contribution in [1.82, 2.24) is 9.66 Å². The lowest BCUT2D eigenvalue weighted by Crippen LogP contribution is -2.20. The van der Waals surface area contributed by atoms with Gasteiger partial charge >= 0.3 is 5.97 Å². The summed E-state index contributed by atoms with van der Waals surface area (Å²) in [5, 5.41) is 15.9. The lowest BCUT2D eigenvalue weighted by atomic mass is 10.1. The first-order valence-corrected chi connectivity index (χ1v) is 13.2. The molecule has 0 N–H and O–H groups in total. The average molecular weight is 613 g/mol. The van der Waals surface area contributed by atoms with Crippen molar-refractivity contribution >= 4 is 44.7 Å². The quantitative estimate of drug-likeness (QED) is 0.0667. The van der Waals surface area contributed by atoms with Gasteiger partial charge in [-0.15, -0.1) is 0 Å². The topological polar surface area (TPSA) is 126 Å². The highest BCUT2D eigenvalue weighted by atomic mass is 79.9. The standard InChI is InChI=1S/C30H21BrN4O6/c1-2-40-27-17-19(7-16-26(27)41-30(37)21-8-12-22(31)13-9-21)18-32-34-28(20-10-14-23(15-11-20)35(38)39)33-25-6-4-3-5-24(25)29(34)36/h3-18H,2H2,1H3. The summed E-state index contributed by atoms with van der Waals surface area (Å²) in [6, 6.07) is 24.2. The summed E-state index contributed by atoms with van der Waals surface area (Å²) >= 11 is 3.34. The molecule has 0 radical (unpaired) electrons. The maximum atomic E-state index is 13.4. The molecule has 0 bridgehead atoms. The minimum absolute atomic E-state index is 0.0867. The van der Waals surface area contributed by atoms with Gasteiger partial charge in [0.05, 0.1) is 34.2 Å². The summed E-state index contributed by atoms with van der Waals surface area (Å²) < 4.78 is 13.3. The van der Waals surface area contributed by atoms with Crippen LogP contribution in [-0.2, 0) is 0 Å². The molecule has 0 aliphatic rings. The zero-order chi connectivity index (χ0) is 28.9. The Morgan fingerprint density at radius 2 is 1.76 bits per heavy atom. The predicted octanol–water partition coefficient (Wildman–Crippen LogP) is 6.23. The van der Waals surface area contributed by atoms with Crippen LogP contribution in [0.5, 0.6) is 11.5 Å². The average Bonchev–Trinajstić information content (AvgIpc) is 2.98. The van der Waals surface area contributed by atoms with E-state index in [1.165, 1.54) is 30.5 Å². The van der Waals surface area contributed by atoms with E-state index in [0.717, 1.165) is 9.15 Å². The van der Waals surface area contributed by atoms with Crippen molar-refractivity contribution in [2.24, 2.45) is 5.10 Å². The van der Waals surface area contributed by atoms with Gasteiger partial charge in [-0.1, -0.05) is 28.1 Å². The Morgan fingerprint density at radius 1 is 1.02 bits per heavy atom. The van der Waals surface area contributed by atoms with Crippen molar-refractivity contribution in [2.75, 3.05) is 6.61 Å². The van der Waals surface area contributed by atoms with Crippen LogP contribution in [0.3, 0.4) is 0 Å². The molecule has 0 aliphatic heterocycles. The maximum Gasteiger partial charge on any atom is 0.343 e. The van der Waals surface area contributed by atoms with E-state index >= 15 is 0 Å². The minimum Gasteiger partial charge on any atom is -0.490 e. The summed E-state index contributed by atoms with van der Waals surface area (Å²) in [4.78, 5) is 41.3. The van der Waals surface area contributed by atoms with E-state index in [4.69, 9.17) is 9.47 Å². The van der Waals surface area contributed by atoms with Crippen LogP contribution in [0.4, 0.5) is 5.69 Å². The number of hydrogen-bond donors (Lipinski definition) is 0. The molecular formula is C30H21BrN4O6. The number of rotatable bonds is 8. The number of halogens is 1. The number of esters is 1. The number of nitro benzene ring substituents is 1. The number of benzene rings is 4. The highest BCUT2D eigenvalue weighted by molar-refractivity contribution is 9.10. The molecule has 0 amide bonds. The zero-order valence-electron chi connectivity index (χ0n) is 21.6. The normalized spacial score (nSPS) is 11.1. The number of non-ortho nitro benzene ring substituents is 1. The molecule has 5 aromatic rings. The van der Waals surface area contributed by atoms with Gasteiger partial charge < -0.3 is 9.47 Å². The van der Waals surface area contributed by atoms with E-state index < -0.39 is 16.5 Å². The molecule has 10 nitrogen and oxygen atoms in total. The van der Waals surface area contributed by atoms with Crippen molar-refractivity contribution in [3.05, 3.63) is 127 Å². The summed E-state index contributed by atoms with van der Waals surface area (Å²) in [5.41, 5.74) is 1.38. The highest BCUT2D eigenvalue weighted by Gasteiger charge is 2.16. The number of nitrogens with zero attached hydrogens (tertiary/aromatic N) is 4. The van der Waals surface area contributed by atoms with Crippen LogP contribution in [-0.4, -0.2) is 33.4 Å². The highest BCUT2D eigenvalue weighted by Crippen LogP contribution is 2.29. The first-order chi connectivity index (χ1) is 19.8. The molecule has 0 saturated carbocycles. The van der Waals surface area contributed by atoms with Gasteiger partial charge in [0.1, 0.15) is 0 Å². The van der Waals surface area contributed by atoms with Crippen LogP contribution in [0.25, 0.3) is 22.3 Å². The lowest BCUT2D eigenvalue weighted by Gasteiger charge is -2.12. The van der Waals surface area contributed by atoms with Gasteiger partial charge in [0, 0.05) is 22.2 Å². The van der Waals surface area contributed by atoms with Gasteiger partial charge in [-0.3, -0.25) is 14.9 Å². The Labute approximate surface area is 241 Å². The van der Waals surface area contributed by atoms with Gasteiger partial charge in [-0.05, 0) is 79.2 Å². The molecule has 11 heteroatoms. The van der Waals surface area contributed by atoms with Crippen LogP contribution < -0.4 is 15.0 Å². The van der Waals surface area contributed by atoms with E-state index in [0.29, 0.717) is 39.9 Å². The molecule has 0 spiro atoms. The fraction of sp³-hybridized carbons (Fsp3) is 0.0667. The maximum absolute atomic E-state index is 13.4. The largest absolute Gasteiger partial charge is 0.490 e. The second kappa shape index (κ2) is 11.9. The van der Waals surface area contributed by atoms with Gasteiger partial charge in [0.25, 0.3) is 11.2 Å². The molecule has 0 aliphatic carbocycles. The molecule has 41 heavy (non-hydrogen) atoms. The Balaban J connectivity index is 1.52. The van der Waals surface area contributed by atoms with E-state index in [2.05, 4.69) is 26.0 Å². The number of nitro groups is 1. The van der Waals surface area contributed by atoms with Crippen molar-refractivity contribution in [3.63, 3.8) is 0 Å². The first-order valence-electron chi connectivity index (χ1n) is 12.4. The van der Waals surface area contributed by atoms with Crippen molar-refractivity contribution in [3.8, 4) is 22.9 Å². The molecule has 0 atom stereocenters. The van der Waals surface area contributed by atoms with Crippen molar-refractivity contribution < 1.29 is 19.2 Å². The molecule has 1 heterocycles. The number of para-hydroxylation sites is 1. The number of carbonyl (C=O) groups excluding carboxylic acids is 1. The molecule has 1 aromatic heterocycles. The van der Waals surface area contributed by atoms with E-state index in [9.17, 15) is 19.7 Å². The SMILES string of the molecule is CCOc1cc(C=Nn2c(-c3ccc([N+](=O)[O-])cc3)nc3ccccc3c2=O)ccc1OC(=O)c1ccc(Br)cc1. The van der Waals surface area contributed by atoms with E-state index in [1.54, 1.807) is 73.7 Å². The Bertz CT molecular complexity index is 1850. The molecule has 0 unspecified atom stereocenters. The van der Waals surface area contributed by atoms with E-state index in [-0.39, 0.29) is 17.3 Å². The Hall–Kier alpha value is -5.16. The van der Waals surface area contributed by atoms with Crippen LogP contribution in [0.1, 0.15) is 22.8 Å². The van der Waals surface area contributed by atoms with Gasteiger partial charge in [0.15, 0.2) is 17.3 Å². The minimum atomic E-state index is -0.540. The van der Waals surface area contributed by atoms with Gasteiger partial charge in [0.2, 0.25) is 0 Å². The second-order valence-corrected chi connectivity index (χ2v) is 9.57. The molecule has 204 valence electrons. The lowest BCUT2D eigenvalue weighted by molar-refractivity contribution is -0.384. The number of aromatic nitrogens is 2. The zero-order valence-corrected chi connectivity index (χ0v) is 23.1. The monoisotopic (exact) mass is 612 g/mol. The second-order valence-electron chi connectivity index (χ2n) is 8.65. The number of carbonyl (C=O) groups is 1. The van der Waals surface area contributed by atoms with Crippen molar-refractivity contribution in [1.29, 1.82) is 0 Å². The smallest absolute Gasteiger partial charge is 0.343 e. The summed E-state index contributed by atoms with van der Waals surface area (Å²) in [6.45, 7) is 2.12. The predicted molar refractivity (Wildman–Crippen MR) is 158 cm³/mol. The van der Waals surface area contributed by atoms with Crippen LogP contribution in [0, 0.1) is 10.1 Å². The van der Waals surface area contributed by atoms with Crippen molar-refractivity contribution in [2.45, 2.75) is 6.92 Å². The summed E-state index contributed by atoms with van der Waals surface area (Å²) in [6.07, 6.45) is 1.45. The third-order valence-electron chi connectivity index (χ3n) is 5.96. The first kappa shape index (κ1) is 27.4. The fourth-order valence-corrected chi connectivity index (χ4v) is 4.24. The Kier molecular flexibility index (Phi) is 7.97. The van der Waals surface area contributed by atoms with E-state index in [1.807, 2.05) is 0 Å². The van der Waals surface area contributed by atoms with Crippen LogP contribution in [0.15, 0.2) is 105 Å². The third kappa shape index (κ3) is 6.04. The van der Waals surface area contributed by atoms with Gasteiger partial charge in [-0.2, -0.15) is 9.78 Å².